The molecule has 2 heterocycles. The van der Waals surface area contributed by atoms with E-state index in [1.54, 1.807) is 0 Å². The molecule has 1 saturated heterocycles. The molecule has 3 unspecified atom stereocenters. The number of amides is 3. The van der Waals surface area contributed by atoms with Crippen LogP contribution in [-0.4, -0.2) is 60.4 Å². The molecule has 0 saturated carbocycles. The molecule has 10 heteroatoms. The van der Waals surface area contributed by atoms with E-state index in [0.717, 1.165) is 4.90 Å². The number of rotatable bonds is 9. The molecule has 0 aliphatic carbocycles. The number of nitrogens with one attached hydrogen (secondary N) is 1. The van der Waals surface area contributed by atoms with Gasteiger partial charge in [-0.1, -0.05) is 20.8 Å². The van der Waals surface area contributed by atoms with E-state index in [0.29, 0.717) is 24.7 Å². The van der Waals surface area contributed by atoms with E-state index in [1.165, 1.54) is 25.6 Å². The predicted molar refractivity (Wildman–Crippen MR) is 105 cm³/mol. The molecule has 30 heavy (non-hydrogen) atoms. The highest BCUT2D eigenvalue weighted by Crippen LogP contribution is 2.21. The summed E-state index contributed by atoms with van der Waals surface area (Å²) in [5, 5.41) is 2.55. The lowest BCUT2D eigenvalue weighted by atomic mass is 9.91. The second-order valence-electron chi connectivity index (χ2n) is 7.84. The van der Waals surface area contributed by atoms with Crippen LogP contribution >= 0.6 is 0 Å². The molecule has 166 valence electrons. The van der Waals surface area contributed by atoms with E-state index in [9.17, 15) is 19.2 Å². The van der Waals surface area contributed by atoms with Gasteiger partial charge in [-0.2, -0.15) is 0 Å². The number of likely N-dealkylation sites (N-methyl/N-ethyl adjacent to an activating group) is 1. The summed E-state index contributed by atoms with van der Waals surface area (Å²) in [6, 6.07) is -0.640. The first kappa shape index (κ1) is 23.4. The Morgan fingerprint density at radius 1 is 1.30 bits per heavy atom. The summed E-state index contributed by atoms with van der Waals surface area (Å²) < 4.78 is 15.1. The molecular weight excluding hydrogens is 394 g/mol. The number of ether oxygens (including phenoxy) is 2. The number of ketones is 1. The molecule has 1 aromatic rings. The highest BCUT2D eigenvalue weighted by molar-refractivity contribution is 5.99. The summed E-state index contributed by atoms with van der Waals surface area (Å²) in [4.78, 5) is 50.3. The smallest absolute Gasteiger partial charge is 0.413 e. The maximum absolute atomic E-state index is 13.1. The average Bonchev–Trinajstić information content (AvgIpc) is 3.32. The van der Waals surface area contributed by atoms with Crippen molar-refractivity contribution in [3.8, 4) is 5.75 Å². The zero-order valence-corrected chi connectivity index (χ0v) is 17.6. The molecule has 0 aromatic carbocycles. The van der Waals surface area contributed by atoms with Crippen LogP contribution in [0.4, 0.5) is 4.79 Å². The number of furan rings is 1. The third-order valence-electron chi connectivity index (χ3n) is 5.41. The fraction of sp³-hybridized carbons (Fsp3) is 0.600. The van der Waals surface area contributed by atoms with Crippen LogP contribution in [0.1, 0.15) is 33.6 Å². The van der Waals surface area contributed by atoms with Crippen molar-refractivity contribution in [2.75, 3.05) is 13.7 Å². The second-order valence-corrected chi connectivity index (χ2v) is 7.84. The zero-order valence-electron chi connectivity index (χ0n) is 17.6. The highest BCUT2D eigenvalue weighted by Gasteiger charge is 2.45. The number of carbonyl (C=O) groups excluding carboxylic acids is 4. The van der Waals surface area contributed by atoms with E-state index in [1.807, 2.05) is 0 Å². The SMILES string of the molecule is CC(C)C(C)CC[C@H](NC(=O)Oc1ccoc1)C(=O)N(C)C1C(=O)COC1C(N)=O. The van der Waals surface area contributed by atoms with Crippen molar-refractivity contribution in [1.29, 1.82) is 0 Å². The van der Waals surface area contributed by atoms with Crippen molar-refractivity contribution in [1.82, 2.24) is 10.2 Å². The number of hydrogen-bond acceptors (Lipinski definition) is 7. The topological polar surface area (TPSA) is 141 Å². The quantitative estimate of drug-likeness (QED) is 0.605. The van der Waals surface area contributed by atoms with Crippen molar-refractivity contribution in [2.45, 2.75) is 51.8 Å². The summed E-state index contributed by atoms with van der Waals surface area (Å²) in [6.07, 6.45) is 1.52. The summed E-state index contributed by atoms with van der Waals surface area (Å²) >= 11 is 0. The first-order valence-corrected chi connectivity index (χ1v) is 9.82. The van der Waals surface area contributed by atoms with Gasteiger partial charge in [0.05, 0.1) is 6.26 Å². The van der Waals surface area contributed by atoms with Gasteiger partial charge in [0.2, 0.25) is 11.8 Å². The van der Waals surface area contributed by atoms with E-state index in [-0.39, 0.29) is 12.4 Å². The molecule has 2 rings (SSSR count). The molecule has 3 N–H and O–H groups in total. The lowest BCUT2D eigenvalue weighted by Crippen LogP contribution is -2.56. The van der Waals surface area contributed by atoms with Crippen LogP contribution in [0.15, 0.2) is 23.0 Å². The summed E-state index contributed by atoms with van der Waals surface area (Å²) in [5.74, 6) is -0.916. The van der Waals surface area contributed by atoms with Crippen LogP contribution in [0.2, 0.25) is 0 Å². The van der Waals surface area contributed by atoms with Gasteiger partial charge in [-0.15, -0.1) is 0 Å². The summed E-state index contributed by atoms with van der Waals surface area (Å²) in [5.41, 5.74) is 5.30. The zero-order chi connectivity index (χ0) is 22.4. The third-order valence-corrected chi connectivity index (χ3v) is 5.41. The maximum atomic E-state index is 13.1. The van der Waals surface area contributed by atoms with E-state index < -0.39 is 41.9 Å². The van der Waals surface area contributed by atoms with Gasteiger partial charge < -0.3 is 29.8 Å². The molecule has 1 aliphatic heterocycles. The van der Waals surface area contributed by atoms with Crippen molar-refractivity contribution in [2.24, 2.45) is 17.6 Å². The Labute approximate surface area is 175 Å². The van der Waals surface area contributed by atoms with Crippen LogP contribution in [0.3, 0.4) is 0 Å². The monoisotopic (exact) mass is 423 g/mol. The van der Waals surface area contributed by atoms with Crippen molar-refractivity contribution < 1.29 is 33.1 Å². The number of primary amides is 1. The van der Waals surface area contributed by atoms with E-state index in [2.05, 4.69) is 26.1 Å². The normalized spacial score (nSPS) is 20.6. The molecule has 1 aromatic heterocycles. The lowest BCUT2D eigenvalue weighted by molar-refractivity contribution is -0.141. The number of nitrogens with two attached hydrogens (primary N) is 1. The van der Waals surface area contributed by atoms with Crippen LogP contribution < -0.4 is 15.8 Å². The van der Waals surface area contributed by atoms with Gasteiger partial charge in [-0.25, -0.2) is 4.79 Å². The maximum Gasteiger partial charge on any atom is 0.413 e. The van der Waals surface area contributed by atoms with Crippen LogP contribution in [0.5, 0.6) is 5.75 Å². The predicted octanol–water partition coefficient (Wildman–Crippen LogP) is 1.09. The van der Waals surface area contributed by atoms with Gasteiger partial charge in [-0.3, -0.25) is 14.4 Å². The fourth-order valence-electron chi connectivity index (χ4n) is 3.17. The Balaban J connectivity index is 2.14. The molecule has 1 aliphatic rings. The Kier molecular flexibility index (Phi) is 7.99. The Hall–Kier alpha value is -2.88. The minimum Gasteiger partial charge on any atom is -0.469 e. The van der Waals surface area contributed by atoms with Crippen molar-refractivity contribution in [3.63, 3.8) is 0 Å². The van der Waals surface area contributed by atoms with Crippen LogP contribution in [-0.2, 0) is 19.1 Å². The molecular formula is C20H29N3O7. The minimum absolute atomic E-state index is 0.191. The molecule has 10 nitrogen and oxygen atoms in total. The largest absolute Gasteiger partial charge is 0.469 e. The summed E-state index contributed by atoms with van der Waals surface area (Å²) in [6.45, 7) is 5.89. The molecule has 3 amide bonds. The van der Waals surface area contributed by atoms with Gasteiger partial charge in [0, 0.05) is 13.1 Å². The van der Waals surface area contributed by atoms with E-state index in [4.69, 9.17) is 19.6 Å². The first-order chi connectivity index (χ1) is 14.1. The Morgan fingerprint density at radius 2 is 2.00 bits per heavy atom. The molecule has 1 fully saturated rings. The minimum atomic E-state index is -1.22. The highest BCUT2D eigenvalue weighted by atomic mass is 16.6. The van der Waals surface area contributed by atoms with Gasteiger partial charge in [0.1, 0.15) is 25.0 Å². The van der Waals surface area contributed by atoms with E-state index >= 15 is 0 Å². The molecule has 0 radical (unpaired) electrons. The average molecular weight is 423 g/mol. The lowest BCUT2D eigenvalue weighted by Gasteiger charge is -2.30. The first-order valence-electron chi connectivity index (χ1n) is 9.82. The Bertz CT molecular complexity index is 762. The molecule has 0 bridgehead atoms. The second kappa shape index (κ2) is 10.2. The van der Waals surface area contributed by atoms with Gasteiger partial charge in [0.25, 0.3) is 0 Å². The molecule has 0 spiro atoms. The number of nitrogens with zero attached hydrogens (tertiary/aromatic N) is 1. The van der Waals surface area contributed by atoms with Crippen LogP contribution in [0.25, 0.3) is 0 Å². The molecule has 4 atom stereocenters. The third kappa shape index (κ3) is 5.82. The van der Waals surface area contributed by atoms with Crippen LogP contribution in [0, 0.1) is 11.8 Å². The van der Waals surface area contributed by atoms with Gasteiger partial charge in [-0.05, 0) is 24.7 Å². The Morgan fingerprint density at radius 3 is 2.57 bits per heavy atom. The number of carbonyl (C=O) groups is 4. The standard InChI is InChI=1S/C20H29N3O7/c1-11(2)12(3)5-6-14(22-20(27)30-13-7-8-28-9-13)19(26)23(4)16-15(24)10-29-17(16)18(21)25/h7-9,11-12,14,16-17H,5-6,10H2,1-4H3,(H2,21,25)(H,22,27)/t12?,14-,16?,17?/m0/s1. The number of Topliss-reactive ketones (excluding diaryl/α,β-unsaturated/α-hetero) is 1. The fourth-order valence-corrected chi connectivity index (χ4v) is 3.17. The summed E-state index contributed by atoms with van der Waals surface area (Å²) in [7, 11) is 1.39. The van der Waals surface area contributed by atoms with Gasteiger partial charge >= 0.3 is 6.09 Å². The van der Waals surface area contributed by atoms with Crippen molar-refractivity contribution in [3.05, 3.63) is 18.6 Å². The number of hydrogen-bond donors (Lipinski definition) is 2. The van der Waals surface area contributed by atoms with Crippen molar-refractivity contribution >= 4 is 23.7 Å². The van der Waals surface area contributed by atoms with Gasteiger partial charge in [0.15, 0.2) is 17.6 Å².